The van der Waals surface area contributed by atoms with E-state index in [4.69, 9.17) is 0 Å². The van der Waals surface area contributed by atoms with Gasteiger partial charge in [-0.3, -0.25) is 0 Å². The fraction of sp³-hybridized carbons (Fsp3) is 0.400. The number of phenolic OH excluding ortho intramolecular Hbond substituents is 1. The minimum atomic E-state index is -3.75. The molecule has 0 unspecified atom stereocenters. The van der Waals surface area contributed by atoms with Crippen molar-refractivity contribution in [2.45, 2.75) is 31.4 Å². The van der Waals surface area contributed by atoms with Gasteiger partial charge >= 0.3 is 0 Å². The van der Waals surface area contributed by atoms with E-state index in [9.17, 15) is 18.6 Å². The summed E-state index contributed by atoms with van der Waals surface area (Å²) in [4.78, 5) is 0.102. The lowest BCUT2D eigenvalue weighted by Gasteiger charge is -2.26. The van der Waals surface area contributed by atoms with E-state index in [1.807, 2.05) is 44.2 Å². The van der Waals surface area contributed by atoms with Crippen LogP contribution in [0.3, 0.4) is 0 Å². The molecule has 2 aromatic carbocycles. The Morgan fingerprint density at radius 2 is 1.63 bits per heavy atom. The molecule has 1 atom stereocenters. The molecule has 3 N–H and O–H groups in total. The first-order valence-corrected chi connectivity index (χ1v) is 10.4. The van der Waals surface area contributed by atoms with Crippen molar-refractivity contribution < 1.29 is 18.6 Å². The van der Waals surface area contributed by atoms with Gasteiger partial charge in [-0.1, -0.05) is 44.2 Å². The van der Waals surface area contributed by atoms with Crippen LogP contribution in [-0.2, 0) is 16.6 Å². The molecule has 0 aromatic heterocycles. The topological polar surface area (TPSA) is 89.9 Å². The second kappa shape index (κ2) is 9.85. The average molecular weight is 393 g/mol. The average Bonchev–Trinajstić information content (AvgIpc) is 2.62. The third-order valence-corrected chi connectivity index (χ3v) is 5.86. The Morgan fingerprint density at radius 3 is 2.22 bits per heavy atom. The Balaban J connectivity index is 2.01. The predicted octanol–water partition coefficient (Wildman–Crippen LogP) is 2.19. The van der Waals surface area contributed by atoms with Crippen molar-refractivity contribution in [2.75, 3.05) is 19.6 Å². The molecule has 0 spiro atoms. The van der Waals surface area contributed by atoms with Crippen molar-refractivity contribution >= 4 is 10.0 Å². The molecule has 0 fully saturated rings. The highest BCUT2D eigenvalue weighted by atomic mass is 32.2. The van der Waals surface area contributed by atoms with Gasteiger partial charge in [-0.2, -0.15) is 4.31 Å². The molecule has 0 amide bonds. The van der Waals surface area contributed by atoms with E-state index in [1.54, 1.807) is 0 Å². The lowest BCUT2D eigenvalue weighted by molar-refractivity contribution is 0.139. The van der Waals surface area contributed by atoms with Gasteiger partial charge in [0.05, 0.1) is 11.0 Å². The summed E-state index contributed by atoms with van der Waals surface area (Å²) in [6.07, 6.45) is -0.834. The summed E-state index contributed by atoms with van der Waals surface area (Å²) < 4.78 is 27.1. The number of rotatable bonds is 10. The summed E-state index contributed by atoms with van der Waals surface area (Å²) in [5.74, 6) is 0.121. The maximum Gasteiger partial charge on any atom is 0.243 e. The van der Waals surface area contributed by atoms with Gasteiger partial charge in [0.1, 0.15) is 5.75 Å². The third-order valence-electron chi connectivity index (χ3n) is 4.01. The minimum Gasteiger partial charge on any atom is -0.508 e. The molecule has 2 rings (SSSR count). The molecule has 0 heterocycles. The maximum atomic E-state index is 12.9. The lowest BCUT2D eigenvalue weighted by Crippen LogP contribution is -2.43. The molecule has 0 aliphatic carbocycles. The van der Waals surface area contributed by atoms with Gasteiger partial charge in [0.2, 0.25) is 10.0 Å². The molecule has 27 heavy (non-hydrogen) atoms. The second-order valence-electron chi connectivity index (χ2n) is 6.98. The van der Waals surface area contributed by atoms with Gasteiger partial charge in [-0.25, -0.2) is 8.42 Å². The maximum absolute atomic E-state index is 12.9. The summed E-state index contributed by atoms with van der Waals surface area (Å²) in [7, 11) is -3.75. The van der Waals surface area contributed by atoms with Crippen molar-refractivity contribution in [1.29, 1.82) is 0 Å². The minimum absolute atomic E-state index is 0.00315. The number of aromatic hydroxyl groups is 1. The number of benzene rings is 2. The molecule has 0 saturated carbocycles. The molecule has 0 bridgehead atoms. The Hall–Kier alpha value is -1.93. The van der Waals surface area contributed by atoms with Gasteiger partial charge in [-0.05, 0) is 35.7 Å². The van der Waals surface area contributed by atoms with Gasteiger partial charge in [-0.15, -0.1) is 0 Å². The summed E-state index contributed by atoms with van der Waals surface area (Å²) in [5, 5.41) is 22.9. The van der Waals surface area contributed by atoms with Crippen LogP contribution in [0.25, 0.3) is 0 Å². The Bertz CT molecular complexity index is 792. The molecule has 0 saturated heterocycles. The van der Waals surface area contributed by atoms with Crippen molar-refractivity contribution in [3.8, 4) is 5.75 Å². The number of aliphatic hydroxyl groups is 1. The molecule has 0 aliphatic heterocycles. The number of phenols is 1. The van der Waals surface area contributed by atoms with E-state index in [-0.39, 0.29) is 29.7 Å². The van der Waals surface area contributed by atoms with Crippen LogP contribution in [0.5, 0.6) is 5.75 Å². The van der Waals surface area contributed by atoms with E-state index in [2.05, 4.69) is 5.32 Å². The van der Waals surface area contributed by atoms with Crippen LogP contribution in [0, 0.1) is 5.92 Å². The van der Waals surface area contributed by atoms with Crippen LogP contribution in [0.1, 0.15) is 19.4 Å². The summed E-state index contributed by atoms with van der Waals surface area (Å²) in [6.45, 7) is 5.06. The van der Waals surface area contributed by atoms with Crippen molar-refractivity contribution in [1.82, 2.24) is 9.62 Å². The quantitative estimate of drug-likeness (QED) is 0.577. The van der Waals surface area contributed by atoms with Crippen LogP contribution in [-0.4, -0.2) is 48.7 Å². The zero-order chi connectivity index (χ0) is 19.9. The van der Waals surface area contributed by atoms with E-state index < -0.39 is 16.1 Å². The highest BCUT2D eigenvalue weighted by Crippen LogP contribution is 2.20. The number of aliphatic hydroxyl groups excluding tert-OH is 1. The zero-order valence-corrected chi connectivity index (χ0v) is 16.6. The number of nitrogens with zero attached hydrogens (tertiary/aromatic N) is 1. The van der Waals surface area contributed by atoms with E-state index in [0.717, 1.165) is 5.56 Å². The third kappa shape index (κ3) is 6.62. The van der Waals surface area contributed by atoms with Crippen molar-refractivity contribution in [2.24, 2.45) is 5.92 Å². The molecule has 6 nitrogen and oxygen atoms in total. The Kier molecular flexibility index (Phi) is 7.79. The summed E-state index contributed by atoms with van der Waals surface area (Å²) >= 11 is 0. The monoisotopic (exact) mass is 392 g/mol. The standard InChI is InChI=1S/C20H28N2O4S/c1-16(2)14-22(27(25,26)20-10-8-18(23)9-11-20)15-19(24)13-21-12-17-6-4-3-5-7-17/h3-11,16,19,21,23-24H,12-15H2,1-2H3/t19-/m1/s1. The molecule has 0 radical (unpaired) electrons. The lowest BCUT2D eigenvalue weighted by atomic mass is 10.2. The van der Waals surface area contributed by atoms with Gasteiger partial charge in [0, 0.05) is 26.2 Å². The van der Waals surface area contributed by atoms with E-state index in [0.29, 0.717) is 13.1 Å². The highest BCUT2D eigenvalue weighted by Gasteiger charge is 2.27. The van der Waals surface area contributed by atoms with E-state index in [1.165, 1.54) is 28.6 Å². The van der Waals surface area contributed by atoms with Gasteiger partial charge in [0.15, 0.2) is 0 Å². The van der Waals surface area contributed by atoms with Crippen LogP contribution < -0.4 is 5.32 Å². The summed E-state index contributed by atoms with van der Waals surface area (Å²) in [5.41, 5.74) is 1.10. The van der Waals surface area contributed by atoms with Crippen molar-refractivity contribution in [3.63, 3.8) is 0 Å². The zero-order valence-electron chi connectivity index (χ0n) is 15.7. The Morgan fingerprint density at radius 1 is 1.00 bits per heavy atom. The molecular formula is C20H28N2O4S. The largest absolute Gasteiger partial charge is 0.508 e. The fourth-order valence-electron chi connectivity index (χ4n) is 2.72. The first kappa shape index (κ1) is 21.4. The first-order chi connectivity index (χ1) is 12.8. The summed E-state index contributed by atoms with van der Waals surface area (Å²) in [6, 6.07) is 15.2. The van der Waals surface area contributed by atoms with Crippen LogP contribution in [0.15, 0.2) is 59.5 Å². The first-order valence-electron chi connectivity index (χ1n) is 9.01. The van der Waals surface area contributed by atoms with E-state index >= 15 is 0 Å². The molecule has 0 aliphatic rings. The van der Waals surface area contributed by atoms with Crippen LogP contribution in [0.2, 0.25) is 0 Å². The number of sulfonamides is 1. The number of hydrogen-bond donors (Lipinski definition) is 3. The van der Waals surface area contributed by atoms with Crippen LogP contribution >= 0.6 is 0 Å². The smallest absolute Gasteiger partial charge is 0.243 e. The van der Waals surface area contributed by atoms with Gasteiger partial charge < -0.3 is 15.5 Å². The predicted molar refractivity (Wildman–Crippen MR) is 106 cm³/mol. The fourth-order valence-corrected chi connectivity index (χ4v) is 4.36. The molecule has 2 aromatic rings. The molecular weight excluding hydrogens is 364 g/mol. The normalized spacial score (nSPS) is 13.2. The Labute approximate surface area is 161 Å². The number of hydrogen-bond acceptors (Lipinski definition) is 5. The molecule has 148 valence electrons. The number of nitrogens with one attached hydrogen (secondary N) is 1. The van der Waals surface area contributed by atoms with Crippen molar-refractivity contribution in [3.05, 3.63) is 60.2 Å². The molecule has 7 heteroatoms. The van der Waals surface area contributed by atoms with Gasteiger partial charge in [0.25, 0.3) is 0 Å². The highest BCUT2D eigenvalue weighted by molar-refractivity contribution is 7.89. The SMILES string of the molecule is CC(C)CN(C[C@H](O)CNCc1ccccc1)S(=O)(=O)c1ccc(O)cc1. The van der Waals surface area contributed by atoms with Crippen LogP contribution in [0.4, 0.5) is 0 Å². The second-order valence-corrected chi connectivity index (χ2v) is 8.92.